The van der Waals surface area contributed by atoms with Gasteiger partial charge in [-0.15, -0.1) is 0 Å². The van der Waals surface area contributed by atoms with Crippen LogP contribution in [0, 0.1) is 5.82 Å². The second-order valence-electron chi connectivity index (χ2n) is 6.33. The van der Waals surface area contributed by atoms with Gasteiger partial charge in [0.25, 0.3) is 5.88 Å². The standard InChI is InChI=1S/C22H25FN2O3.C2H6/c1-24-14-15-26-16-21(17-6-3-2-4-7-17)28-20-8-5-13-25-22(20)27-19-11-9-18(23)10-12-19;1-2/h3,5-13,21,24H,2,4,14-16H2,1H3;1-2H3/t21-;/m1./s1. The van der Waals surface area contributed by atoms with Gasteiger partial charge in [-0.2, -0.15) is 0 Å². The fourth-order valence-corrected chi connectivity index (χ4v) is 2.75. The summed E-state index contributed by atoms with van der Waals surface area (Å²) in [6.45, 7) is 5.79. The largest absolute Gasteiger partial charge is 0.478 e. The molecule has 0 saturated carbocycles. The molecule has 0 spiro atoms. The highest BCUT2D eigenvalue weighted by Crippen LogP contribution is 2.31. The van der Waals surface area contributed by atoms with E-state index in [4.69, 9.17) is 14.2 Å². The Hall–Kier alpha value is -2.70. The van der Waals surface area contributed by atoms with Gasteiger partial charge in [-0.05, 0) is 61.9 Å². The molecule has 0 aliphatic heterocycles. The molecule has 1 heterocycles. The highest BCUT2D eigenvalue weighted by Gasteiger charge is 2.19. The van der Waals surface area contributed by atoms with Crippen LogP contribution in [0.25, 0.3) is 0 Å². The van der Waals surface area contributed by atoms with Crippen LogP contribution in [0.1, 0.15) is 26.7 Å². The molecule has 0 saturated heterocycles. The number of ether oxygens (including phenoxy) is 3. The Morgan fingerprint density at radius 1 is 1.13 bits per heavy atom. The maximum Gasteiger partial charge on any atom is 0.262 e. The summed E-state index contributed by atoms with van der Waals surface area (Å²) in [6, 6.07) is 9.39. The number of halogens is 1. The Labute approximate surface area is 178 Å². The molecular formula is C24H31FN2O3. The SMILES string of the molecule is CC.CNCCOC[C@@H](Oc1cccnc1Oc1ccc(F)cc1)C1=CCCC=C1. The van der Waals surface area contributed by atoms with Crippen molar-refractivity contribution in [1.29, 1.82) is 0 Å². The molecule has 1 atom stereocenters. The third kappa shape index (κ3) is 7.61. The van der Waals surface area contributed by atoms with E-state index >= 15 is 0 Å². The molecule has 6 heteroatoms. The maximum absolute atomic E-state index is 13.1. The molecule has 162 valence electrons. The molecular weight excluding hydrogens is 383 g/mol. The van der Waals surface area contributed by atoms with Crippen molar-refractivity contribution in [3.8, 4) is 17.4 Å². The number of pyridine rings is 1. The van der Waals surface area contributed by atoms with Crippen LogP contribution in [-0.2, 0) is 4.74 Å². The first-order valence-corrected chi connectivity index (χ1v) is 10.4. The molecule has 30 heavy (non-hydrogen) atoms. The number of rotatable bonds is 10. The van der Waals surface area contributed by atoms with Crippen LogP contribution in [0.4, 0.5) is 4.39 Å². The van der Waals surface area contributed by atoms with Crippen LogP contribution in [-0.4, -0.2) is 37.9 Å². The molecule has 1 aromatic carbocycles. The van der Waals surface area contributed by atoms with E-state index in [1.807, 2.05) is 20.9 Å². The van der Waals surface area contributed by atoms with E-state index in [0.29, 0.717) is 30.6 Å². The zero-order valence-electron chi connectivity index (χ0n) is 17.9. The summed E-state index contributed by atoms with van der Waals surface area (Å²) in [4.78, 5) is 4.28. The van der Waals surface area contributed by atoms with E-state index in [-0.39, 0.29) is 11.9 Å². The molecule has 2 aromatic rings. The molecule has 0 amide bonds. The van der Waals surface area contributed by atoms with Gasteiger partial charge in [0.05, 0.1) is 13.2 Å². The van der Waals surface area contributed by atoms with E-state index in [1.165, 1.54) is 12.1 Å². The van der Waals surface area contributed by atoms with Crippen molar-refractivity contribution in [1.82, 2.24) is 10.3 Å². The van der Waals surface area contributed by atoms with Crippen LogP contribution in [0.15, 0.2) is 66.4 Å². The first-order valence-electron chi connectivity index (χ1n) is 10.4. The van der Waals surface area contributed by atoms with Gasteiger partial charge >= 0.3 is 0 Å². The summed E-state index contributed by atoms with van der Waals surface area (Å²) in [7, 11) is 1.89. The molecule has 3 rings (SSSR count). The zero-order valence-corrected chi connectivity index (χ0v) is 17.9. The topological polar surface area (TPSA) is 52.6 Å². The van der Waals surface area contributed by atoms with Gasteiger partial charge in [0, 0.05) is 12.7 Å². The first-order chi connectivity index (χ1) is 14.8. The lowest BCUT2D eigenvalue weighted by molar-refractivity contribution is 0.0679. The fourth-order valence-electron chi connectivity index (χ4n) is 2.75. The monoisotopic (exact) mass is 414 g/mol. The number of aromatic nitrogens is 1. The average Bonchev–Trinajstić information content (AvgIpc) is 2.80. The third-order valence-corrected chi connectivity index (χ3v) is 4.19. The predicted octanol–water partition coefficient (Wildman–Crippen LogP) is 5.30. The van der Waals surface area contributed by atoms with E-state index < -0.39 is 0 Å². The summed E-state index contributed by atoms with van der Waals surface area (Å²) in [6.07, 6.45) is 9.75. The lowest BCUT2D eigenvalue weighted by Crippen LogP contribution is -2.27. The van der Waals surface area contributed by atoms with Crippen LogP contribution < -0.4 is 14.8 Å². The lowest BCUT2D eigenvalue weighted by Gasteiger charge is -2.23. The molecule has 1 aliphatic rings. The van der Waals surface area contributed by atoms with Crippen LogP contribution in [0.3, 0.4) is 0 Å². The van der Waals surface area contributed by atoms with E-state index in [1.54, 1.807) is 30.5 Å². The quantitative estimate of drug-likeness (QED) is 0.535. The molecule has 1 aromatic heterocycles. The summed E-state index contributed by atoms with van der Waals surface area (Å²) >= 11 is 0. The van der Waals surface area contributed by atoms with Gasteiger partial charge in [0.2, 0.25) is 0 Å². The van der Waals surface area contributed by atoms with Crippen LogP contribution >= 0.6 is 0 Å². The van der Waals surface area contributed by atoms with Gasteiger partial charge < -0.3 is 19.5 Å². The number of likely N-dealkylation sites (N-methyl/N-ethyl adjacent to an activating group) is 1. The highest BCUT2D eigenvalue weighted by atomic mass is 19.1. The molecule has 0 unspecified atom stereocenters. The molecule has 1 N–H and O–H groups in total. The Kier molecular flexibility index (Phi) is 10.6. The van der Waals surface area contributed by atoms with E-state index in [9.17, 15) is 4.39 Å². The molecule has 0 bridgehead atoms. The highest BCUT2D eigenvalue weighted by molar-refractivity contribution is 5.38. The number of nitrogens with one attached hydrogen (secondary N) is 1. The van der Waals surface area contributed by atoms with Crippen molar-refractivity contribution >= 4 is 0 Å². The van der Waals surface area contributed by atoms with Gasteiger partial charge in [-0.25, -0.2) is 9.37 Å². The van der Waals surface area contributed by atoms with Gasteiger partial charge in [0.15, 0.2) is 5.75 Å². The van der Waals surface area contributed by atoms with Crippen molar-refractivity contribution in [2.45, 2.75) is 32.8 Å². The van der Waals surface area contributed by atoms with Gasteiger partial charge in [-0.1, -0.05) is 32.1 Å². The number of benzene rings is 1. The third-order valence-electron chi connectivity index (χ3n) is 4.19. The van der Waals surface area contributed by atoms with Gasteiger partial charge in [-0.3, -0.25) is 0 Å². The second kappa shape index (κ2) is 13.5. The fraction of sp³-hybridized carbons (Fsp3) is 0.375. The maximum atomic E-state index is 13.1. The minimum absolute atomic E-state index is 0.270. The molecule has 0 radical (unpaired) electrons. The number of hydrogen-bond donors (Lipinski definition) is 1. The Morgan fingerprint density at radius 2 is 1.93 bits per heavy atom. The zero-order chi connectivity index (χ0) is 21.6. The van der Waals surface area contributed by atoms with Crippen molar-refractivity contribution in [2.24, 2.45) is 0 Å². The van der Waals surface area contributed by atoms with E-state index in [0.717, 1.165) is 25.0 Å². The molecule has 1 aliphatic carbocycles. The van der Waals surface area contributed by atoms with Crippen molar-refractivity contribution < 1.29 is 18.6 Å². The second-order valence-corrected chi connectivity index (χ2v) is 6.33. The normalized spacial score (nSPS) is 13.7. The van der Waals surface area contributed by atoms with Crippen molar-refractivity contribution in [2.75, 3.05) is 26.8 Å². The number of allylic oxidation sites excluding steroid dienone is 2. The average molecular weight is 415 g/mol. The minimum atomic E-state index is -0.320. The Balaban J connectivity index is 0.00000155. The first kappa shape index (κ1) is 23.6. The number of hydrogen-bond acceptors (Lipinski definition) is 5. The minimum Gasteiger partial charge on any atom is -0.478 e. The van der Waals surface area contributed by atoms with Gasteiger partial charge in [0.1, 0.15) is 17.7 Å². The Morgan fingerprint density at radius 3 is 2.63 bits per heavy atom. The molecule has 0 fully saturated rings. The van der Waals surface area contributed by atoms with E-state index in [2.05, 4.69) is 28.5 Å². The van der Waals surface area contributed by atoms with Crippen LogP contribution in [0.2, 0.25) is 0 Å². The summed E-state index contributed by atoms with van der Waals surface area (Å²) in [5.74, 6) is 1.01. The van der Waals surface area contributed by atoms with Crippen molar-refractivity contribution in [3.05, 3.63) is 72.2 Å². The Bertz CT molecular complexity index is 806. The lowest BCUT2D eigenvalue weighted by atomic mass is 10.0. The van der Waals surface area contributed by atoms with Crippen LogP contribution in [0.5, 0.6) is 17.4 Å². The number of nitrogens with zero attached hydrogens (tertiary/aromatic N) is 1. The summed E-state index contributed by atoms with van der Waals surface area (Å²) < 4.78 is 30.9. The predicted molar refractivity (Wildman–Crippen MR) is 118 cm³/mol. The summed E-state index contributed by atoms with van der Waals surface area (Å²) in [5.41, 5.74) is 1.08. The summed E-state index contributed by atoms with van der Waals surface area (Å²) in [5, 5.41) is 3.06. The molecule has 5 nitrogen and oxygen atoms in total. The van der Waals surface area contributed by atoms with Crippen molar-refractivity contribution in [3.63, 3.8) is 0 Å². The smallest absolute Gasteiger partial charge is 0.262 e.